The quantitative estimate of drug-likeness (QED) is 0.899. The molecule has 0 spiro atoms. The SMILES string of the molecule is Cc1cc(-c2ncc(C)[nH]2)nc(C2CCCN(C(=O)C3CCOCC3)C2)n1. The van der Waals surface area contributed by atoms with Crippen molar-refractivity contribution in [1.29, 1.82) is 0 Å². The summed E-state index contributed by atoms with van der Waals surface area (Å²) >= 11 is 0. The number of amides is 1. The largest absolute Gasteiger partial charge is 0.381 e. The molecule has 0 aromatic carbocycles. The molecule has 2 saturated heterocycles. The topological polar surface area (TPSA) is 84.0 Å². The molecule has 7 nitrogen and oxygen atoms in total. The number of aromatic nitrogens is 4. The molecule has 1 unspecified atom stereocenters. The summed E-state index contributed by atoms with van der Waals surface area (Å²) in [6.45, 7) is 6.89. The highest BCUT2D eigenvalue weighted by Gasteiger charge is 2.31. The number of aryl methyl sites for hydroxylation is 2. The molecule has 2 aliphatic heterocycles. The number of rotatable bonds is 3. The van der Waals surface area contributed by atoms with Crippen LogP contribution in [0.1, 0.15) is 48.8 Å². The first-order chi connectivity index (χ1) is 13.1. The van der Waals surface area contributed by atoms with Crippen molar-refractivity contribution in [2.45, 2.75) is 45.4 Å². The van der Waals surface area contributed by atoms with Gasteiger partial charge in [-0.05, 0) is 45.6 Å². The number of aromatic amines is 1. The molecule has 144 valence electrons. The molecule has 1 atom stereocenters. The van der Waals surface area contributed by atoms with Gasteiger partial charge in [-0.25, -0.2) is 15.0 Å². The first-order valence-corrected chi connectivity index (χ1v) is 9.84. The van der Waals surface area contributed by atoms with Gasteiger partial charge in [-0.2, -0.15) is 0 Å². The highest BCUT2D eigenvalue weighted by atomic mass is 16.5. The standard InChI is InChI=1S/C20H27N5O2/c1-13-10-17(19-21-11-14(2)23-19)24-18(22-13)16-4-3-7-25(12-16)20(26)15-5-8-27-9-6-15/h10-11,15-16H,3-9,12H2,1-2H3,(H,21,23). The Kier molecular flexibility index (Phi) is 5.20. The van der Waals surface area contributed by atoms with Crippen molar-refractivity contribution in [3.63, 3.8) is 0 Å². The number of hydrogen-bond acceptors (Lipinski definition) is 5. The van der Waals surface area contributed by atoms with Gasteiger partial charge in [0.05, 0.1) is 0 Å². The summed E-state index contributed by atoms with van der Waals surface area (Å²) in [6.07, 6.45) is 5.48. The van der Waals surface area contributed by atoms with Gasteiger partial charge in [0.1, 0.15) is 11.5 Å². The molecule has 2 aromatic rings. The Morgan fingerprint density at radius 3 is 2.78 bits per heavy atom. The summed E-state index contributed by atoms with van der Waals surface area (Å²) in [6, 6.07) is 1.95. The number of nitrogens with zero attached hydrogens (tertiary/aromatic N) is 4. The molecule has 1 amide bonds. The average Bonchev–Trinajstić information content (AvgIpc) is 3.14. The van der Waals surface area contributed by atoms with E-state index in [4.69, 9.17) is 9.72 Å². The molecule has 4 heterocycles. The lowest BCUT2D eigenvalue weighted by Gasteiger charge is -2.35. The van der Waals surface area contributed by atoms with Crippen LogP contribution >= 0.6 is 0 Å². The van der Waals surface area contributed by atoms with Crippen LogP contribution in [0, 0.1) is 19.8 Å². The minimum absolute atomic E-state index is 0.109. The van der Waals surface area contributed by atoms with Gasteiger partial charge in [-0.3, -0.25) is 4.79 Å². The summed E-state index contributed by atoms with van der Waals surface area (Å²) in [5, 5.41) is 0. The number of imidazole rings is 1. The molecule has 27 heavy (non-hydrogen) atoms. The number of likely N-dealkylation sites (tertiary alicyclic amines) is 1. The zero-order valence-corrected chi connectivity index (χ0v) is 16.1. The predicted octanol–water partition coefficient (Wildman–Crippen LogP) is 2.62. The van der Waals surface area contributed by atoms with Crippen LogP contribution in [0.4, 0.5) is 0 Å². The summed E-state index contributed by atoms with van der Waals surface area (Å²) in [5.41, 5.74) is 2.75. The maximum atomic E-state index is 12.9. The van der Waals surface area contributed by atoms with Gasteiger partial charge in [-0.1, -0.05) is 0 Å². The summed E-state index contributed by atoms with van der Waals surface area (Å²) in [7, 11) is 0. The lowest BCUT2D eigenvalue weighted by Crippen LogP contribution is -2.44. The maximum Gasteiger partial charge on any atom is 0.225 e. The van der Waals surface area contributed by atoms with Crippen LogP contribution in [0.25, 0.3) is 11.5 Å². The van der Waals surface area contributed by atoms with Crippen molar-refractivity contribution >= 4 is 5.91 Å². The van der Waals surface area contributed by atoms with Gasteiger partial charge < -0.3 is 14.6 Å². The van der Waals surface area contributed by atoms with E-state index in [1.165, 1.54) is 0 Å². The van der Waals surface area contributed by atoms with Gasteiger partial charge >= 0.3 is 0 Å². The van der Waals surface area contributed by atoms with Crippen molar-refractivity contribution in [2.24, 2.45) is 5.92 Å². The van der Waals surface area contributed by atoms with Crippen molar-refractivity contribution in [1.82, 2.24) is 24.8 Å². The minimum atomic E-state index is 0.109. The van der Waals surface area contributed by atoms with E-state index in [0.29, 0.717) is 19.8 Å². The molecule has 0 radical (unpaired) electrons. The highest BCUT2D eigenvalue weighted by molar-refractivity contribution is 5.79. The van der Waals surface area contributed by atoms with E-state index in [-0.39, 0.29) is 17.7 Å². The first kappa shape index (κ1) is 18.1. The maximum absolute atomic E-state index is 12.9. The number of carbonyl (C=O) groups is 1. The fraction of sp³-hybridized carbons (Fsp3) is 0.600. The van der Waals surface area contributed by atoms with E-state index >= 15 is 0 Å². The molecular formula is C20H27N5O2. The molecule has 0 saturated carbocycles. The average molecular weight is 369 g/mol. The number of piperidine rings is 1. The van der Waals surface area contributed by atoms with Crippen LogP contribution in [-0.2, 0) is 9.53 Å². The molecule has 4 rings (SSSR count). The number of H-pyrrole nitrogens is 1. The van der Waals surface area contributed by atoms with Gasteiger partial charge in [0.15, 0.2) is 5.82 Å². The van der Waals surface area contributed by atoms with Gasteiger partial charge in [0, 0.05) is 55.7 Å². The third-order valence-electron chi connectivity index (χ3n) is 5.49. The number of hydrogen-bond donors (Lipinski definition) is 1. The summed E-state index contributed by atoms with van der Waals surface area (Å²) < 4.78 is 5.40. The Labute approximate surface area is 159 Å². The number of carbonyl (C=O) groups excluding carboxylic acids is 1. The van der Waals surface area contributed by atoms with E-state index in [0.717, 1.165) is 61.0 Å². The summed E-state index contributed by atoms with van der Waals surface area (Å²) in [5.74, 6) is 2.15. The van der Waals surface area contributed by atoms with Crippen LogP contribution in [0.5, 0.6) is 0 Å². The van der Waals surface area contributed by atoms with E-state index in [1.54, 1.807) is 6.20 Å². The van der Waals surface area contributed by atoms with Crippen LogP contribution in [0.15, 0.2) is 12.3 Å². The molecule has 2 aliphatic rings. The van der Waals surface area contributed by atoms with E-state index in [1.807, 2.05) is 24.8 Å². The van der Waals surface area contributed by atoms with Crippen LogP contribution in [0.2, 0.25) is 0 Å². The van der Waals surface area contributed by atoms with E-state index in [2.05, 4.69) is 15.0 Å². The van der Waals surface area contributed by atoms with Crippen LogP contribution < -0.4 is 0 Å². The zero-order chi connectivity index (χ0) is 18.8. The second-order valence-electron chi connectivity index (χ2n) is 7.68. The highest BCUT2D eigenvalue weighted by Crippen LogP contribution is 2.28. The molecule has 0 aliphatic carbocycles. The van der Waals surface area contributed by atoms with Crippen molar-refractivity contribution < 1.29 is 9.53 Å². The third kappa shape index (κ3) is 4.03. The van der Waals surface area contributed by atoms with E-state index < -0.39 is 0 Å². The second-order valence-corrected chi connectivity index (χ2v) is 7.68. The Morgan fingerprint density at radius 2 is 2.04 bits per heavy atom. The normalized spacial score (nSPS) is 21.4. The van der Waals surface area contributed by atoms with Crippen LogP contribution in [-0.4, -0.2) is 57.0 Å². The second kappa shape index (κ2) is 7.76. The lowest BCUT2D eigenvalue weighted by atomic mass is 9.93. The number of ether oxygens (including phenoxy) is 1. The minimum Gasteiger partial charge on any atom is -0.381 e. The van der Waals surface area contributed by atoms with Gasteiger partial charge in [0.25, 0.3) is 0 Å². The van der Waals surface area contributed by atoms with Gasteiger partial charge in [-0.15, -0.1) is 0 Å². The Morgan fingerprint density at radius 1 is 1.22 bits per heavy atom. The van der Waals surface area contributed by atoms with Crippen molar-refractivity contribution in [2.75, 3.05) is 26.3 Å². The lowest BCUT2D eigenvalue weighted by molar-refractivity contribution is -0.139. The Balaban J connectivity index is 1.52. The fourth-order valence-corrected chi connectivity index (χ4v) is 4.03. The zero-order valence-electron chi connectivity index (χ0n) is 16.1. The fourth-order valence-electron chi connectivity index (χ4n) is 4.03. The first-order valence-electron chi connectivity index (χ1n) is 9.84. The van der Waals surface area contributed by atoms with Crippen molar-refractivity contribution in [3.05, 3.63) is 29.5 Å². The molecular weight excluding hydrogens is 342 g/mol. The van der Waals surface area contributed by atoms with E-state index in [9.17, 15) is 4.79 Å². The van der Waals surface area contributed by atoms with Gasteiger partial charge in [0.2, 0.25) is 5.91 Å². The smallest absolute Gasteiger partial charge is 0.225 e. The monoisotopic (exact) mass is 369 g/mol. The molecule has 1 N–H and O–H groups in total. The molecule has 7 heteroatoms. The van der Waals surface area contributed by atoms with Crippen molar-refractivity contribution in [3.8, 4) is 11.5 Å². The molecule has 2 fully saturated rings. The number of nitrogens with one attached hydrogen (secondary N) is 1. The van der Waals surface area contributed by atoms with Crippen LogP contribution in [0.3, 0.4) is 0 Å². The third-order valence-corrected chi connectivity index (χ3v) is 5.49. The Bertz CT molecular complexity index is 812. The Hall–Kier alpha value is -2.28. The molecule has 0 bridgehead atoms. The molecule has 2 aromatic heterocycles. The predicted molar refractivity (Wildman–Crippen MR) is 101 cm³/mol. The summed E-state index contributed by atoms with van der Waals surface area (Å²) in [4.78, 5) is 32.0.